The maximum Gasteiger partial charge on any atom is 0.122 e. The van der Waals surface area contributed by atoms with Crippen molar-refractivity contribution in [2.45, 2.75) is 6.42 Å². The van der Waals surface area contributed by atoms with Crippen LogP contribution in [0, 0.1) is 0 Å². The predicted octanol–water partition coefficient (Wildman–Crippen LogP) is 2.06. The number of hydrogen-bond donors (Lipinski definition) is 2. The van der Waals surface area contributed by atoms with Gasteiger partial charge in [0.25, 0.3) is 0 Å². The van der Waals surface area contributed by atoms with E-state index in [9.17, 15) is 5.11 Å². The third kappa shape index (κ3) is 1.82. The summed E-state index contributed by atoms with van der Waals surface area (Å²) < 4.78 is 5.32. The molecule has 0 fully saturated rings. The first-order valence-electron chi connectivity index (χ1n) is 5.25. The fourth-order valence-corrected chi connectivity index (χ4v) is 1.96. The first-order valence-corrected chi connectivity index (χ1v) is 5.25. The fraction of sp³-hybridized carbons (Fsp3) is 0.231. The third-order valence-corrected chi connectivity index (χ3v) is 2.69. The lowest BCUT2D eigenvalue weighted by Gasteiger charge is -2.11. The zero-order valence-corrected chi connectivity index (χ0v) is 9.23. The summed E-state index contributed by atoms with van der Waals surface area (Å²) in [5, 5.41) is 11.5. The minimum absolute atomic E-state index is 0.274. The Morgan fingerprint density at radius 2 is 2.06 bits per heavy atom. The lowest BCUT2D eigenvalue weighted by atomic mass is 10.0. The van der Waals surface area contributed by atoms with Crippen LogP contribution in [-0.4, -0.2) is 18.8 Å². The van der Waals surface area contributed by atoms with Crippen molar-refractivity contribution in [2.24, 2.45) is 5.73 Å². The molecule has 0 saturated carbocycles. The van der Waals surface area contributed by atoms with E-state index >= 15 is 0 Å². The van der Waals surface area contributed by atoms with Gasteiger partial charge in [0.2, 0.25) is 0 Å². The maximum atomic E-state index is 9.42. The summed E-state index contributed by atoms with van der Waals surface area (Å²) in [5.41, 5.74) is 6.70. The van der Waals surface area contributed by atoms with Crippen LogP contribution in [0.2, 0.25) is 0 Å². The number of aromatic hydroxyl groups is 1. The van der Waals surface area contributed by atoms with Crippen LogP contribution in [0.3, 0.4) is 0 Å². The zero-order valence-electron chi connectivity index (χ0n) is 9.23. The van der Waals surface area contributed by atoms with E-state index in [-0.39, 0.29) is 5.75 Å². The van der Waals surface area contributed by atoms with Crippen molar-refractivity contribution in [1.29, 1.82) is 0 Å². The predicted molar refractivity (Wildman–Crippen MR) is 64.9 cm³/mol. The van der Waals surface area contributed by atoms with Crippen LogP contribution in [0.4, 0.5) is 0 Å². The summed E-state index contributed by atoms with van der Waals surface area (Å²) in [4.78, 5) is 0. The van der Waals surface area contributed by atoms with E-state index < -0.39 is 0 Å². The van der Waals surface area contributed by atoms with Gasteiger partial charge in [-0.05, 0) is 41.9 Å². The average molecular weight is 217 g/mol. The highest BCUT2D eigenvalue weighted by atomic mass is 16.5. The molecule has 0 atom stereocenters. The zero-order chi connectivity index (χ0) is 11.5. The topological polar surface area (TPSA) is 55.5 Å². The van der Waals surface area contributed by atoms with Crippen molar-refractivity contribution in [1.82, 2.24) is 0 Å². The van der Waals surface area contributed by atoms with Crippen LogP contribution in [-0.2, 0) is 6.42 Å². The lowest BCUT2D eigenvalue weighted by Crippen LogP contribution is -2.04. The van der Waals surface area contributed by atoms with Gasteiger partial charge in [-0.2, -0.15) is 0 Å². The summed E-state index contributed by atoms with van der Waals surface area (Å²) in [6, 6.07) is 9.18. The lowest BCUT2D eigenvalue weighted by molar-refractivity contribution is 0.410. The van der Waals surface area contributed by atoms with E-state index in [0.29, 0.717) is 6.54 Å². The minimum atomic E-state index is 0.274. The van der Waals surface area contributed by atoms with Gasteiger partial charge < -0.3 is 15.6 Å². The largest absolute Gasteiger partial charge is 0.508 e. The molecule has 0 unspecified atom stereocenters. The highest BCUT2D eigenvalue weighted by molar-refractivity contribution is 5.88. The Balaban J connectivity index is 2.68. The normalized spacial score (nSPS) is 10.6. The second-order valence-corrected chi connectivity index (χ2v) is 3.69. The number of methoxy groups -OCH3 is 1. The van der Waals surface area contributed by atoms with E-state index in [0.717, 1.165) is 28.5 Å². The molecule has 0 aliphatic rings. The number of benzene rings is 2. The van der Waals surface area contributed by atoms with Crippen LogP contribution >= 0.6 is 0 Å². The number of rotatable bonds is 3. The molecule has 2 aromatic rings. The van der Waals surface area contributed by atoms with E-state index in [1.165, 1.54) is 0 Å². The first kappa shape index (κ1) is 10.8. The molecule has 0 bridgehead atoms. The highest BCUT2D eigenvalue weighted by Crippen LogP contribution is 2.30. The summed E-state index contributed by atoms with van der Waals surface area (Å²) >= 11 is 0. The number of phenolic OH excluding ortho intramolecular Hbond substituents is 1. The van der Waals surface area contributed by atoms with Crippen molar-refractivity contribution in [3.63, 3.8) is 0 Å². The van der Waals surface area contributed by atoms with E-state index in [2.05, 4.69) is 0 Å². The van der Waals surface area contributed by atoms with Crippen LogP contribution in [0.5, 0.6) is 11.5 Å². The standard InChI is InChI=1S/C13H15NO2/c1-16-13-5-2-9-8-10(15)3-4-11(9)12(13)6-7-14/h2-5,8,15H,6-7,14H2,1H3. The SMILES string of the molecule is COc1ccc2cc(O)ccc2c1CCN. The number of ether oxygens (including phenoxy) is 1. The van der Waals surface area contributed by atoms with Crippen LogP contribution < -0.4 is 10.5 Å². The monoisotopic (exact) mass is 217 g/mol. The first-order chi connectivity index (χ1) is 7.76. The molecule has 0 heterocycles. The molecule has 0 radical (unpaired) electrons. The van der Waals surface area contributed by atoms with Gasteiger partial charge in [0.05, 0.1) is 7.11 Å². The molecule has 0 aromatic heterocycles. The number of fused-ring (bicyclic) bond motifs is 1. The van der Waals surface area contributed by atoms with Crippen LogP contribution in [0.25, 0.3) is 10.8 Å². The quantitative estimate of drug-likeness (QED) is 0.827. The smallest absolute Gasteiger partial charge is 0.122 e. The molecule has 2 aromatic carbocycles. The summed E-state index contributed by atoms with van der Waals surface area (Å²) in [6.07, 6.45) is 0.769. The Hall–Kier alpha value is -1.74. The van der Waals surface area contributed by atoms with Crippen molar-refractivity contribution in [3.8, 4) is 11.5 Å². The van der Waals surface area contributed by atoms with Crippen LogP contribution in [0.15, 0.2) is 30.3 Å². The van der Waals surface area contributed by atoms with Crippen LogP contribution in [0.1, 0.15) is 5.56 Å². The second kappa shape index (κ2) is 4.41. The van der Waals surface area contributed by atoms with E-state index in [1.54, 1.807) is 19.2 Å². The second-order valence-electron chi connectivity index (χ2n) is 3.69. The van der Waals surface area contributed by atoms with Gasteiger partial charge in [-0.15, -0.1) is 0 Å². The van der Waals surface area contributed by atoms with Gasteiger partial charge in [-0.25, -0.2) is 0 Å². The Morgan fingerprint density at radius 3 is 2.75 bits per heavy atom. The Bertz CT molecular complexity index is 509. The molecular weight excluding hydrogens is 202 g/mol. The summed E-state index contributed by atoms with van der Waals surface area (Å²) in [6.45, 7) is 0.580. The Kier molecular flexibility index (Phi) is 2.97. The van der Waals surface area contributed by atoms with Gasteiger partial charge in [0, 0.05) is 5.56 Å². The Labute approximate surface area is 94.5 Å². The van der Waals surface area contributed by atoms with Crippen molar-refractivity contribution in [2.75, 3.05) is 13.7 Å². The van der Waals surface area contributed by atoms with Crippen molar-refractivity contribution >= 4 is 10.8 Å². The molecule has 2 rings (SSSR count). The highest BCUT2D eigenvalue weighted by Gasteiger charge is 2.07. The van der Waals surface area contributed by atoms with Gasteiger partial charge in [-0.3, -0.25) is 0 Å². The van der Waals surface area contributed by atoms with Gasteiger partial charge in [0.1, 0.15) is 11.5 Å². The minimum Gasteiger partial charge on any atom is -0.508 e. The molecule has 0 saturated heterocycles. The molecule has 0 amide bonds. The molecule has 3 N–H and O–H groups in total. The van der Waals surface area contributed by atoms with E-state index in [4.69, 9.17) is 10.5 Å². The third-order valence-electron chi connectivity index (χ3n) is 2.69. The summed E-state index contributed by atoms with van der Waals surface area (Å²) in [5.74, 6) is 1.13. The number of nitrogens with two attached hydrogens (primary N) is 1. The van der Waals surface area contributed by atoms with Gasteiger partial charge in [-0.1, -0.05) is 12.1 Å². The molecule has 3 nitrogen and oxygen atoms in total. The van der Waals surface area contributed by atoms with Crippen molar-refractivity contribution < 1.29 is 9.84 Å². The molecule has 3 heteroatoms. The van der Waals surface area contributed by atoms with Crippen molar-refractivity contribution in [3.05, 3.63) is 35.9 Å². The molecule has 84 valence electrons. The average Bonchev–Trinajstić information content (AvgIpc) is 2.29. The molecule has 0 aliphatic heterocycles. The number of hydrogen-bond acceptors (Lipinski definition) is 3. The summed E-state index contributed by atoms with van der Waals surface area (Å²) in [7, 11) is 1.65. The van der Waals surface area contributed by atoms with E-state index in [1.807, 2.05) is 18.2 Å². The Morgan fingerprint density at radius 1 is 1.25 bits per heavy atom. The fourth-order valence-electron chi connectivity index (χ4n) is 1.96. The molecular formula is C13H15NO2. The molecule has 0 spiro atoms. The van der Waals surface area contributed by atoms with Gasteiger partial charge in [0.15, 0.2) is 0 Å². The number of phenols is 1. The van der Waals surface area contributed by atoms with Gasteiger partial charge >= 0.3 is 0 Å². The maximum absolute atomic E-state index is 9.42. The molecule has 0 aliphatic carbocycles. The molecule has 16 heavy (non-hydrogen) atoms.